The molecular weight excluding hydrogens is 262 g/mol. The average Bonchev–Trinajstić information content (AvgIpc) is 2.45. The van der Waals surface area contributed by atoms with Gasteiger partial charge in [-0.2, -0.15) is 0 Å². The molecule has 1 aromatic carbocycles. The van der Waals surface area contributed by atoms with E-state index in [-0.39, 0.29) is 11.1 Å². The number of H-pyrrole nitrogens is 1. The van der Waals surface area contributed by atoms with Crippen molar-refractivity contribution in [1.82, 2.24) is 4.98 Å². The van der Waals surface area contributed by atoms with Crippen molar-refractivity contribution < 1.29 is 9.53 Å². The molecule has 0 saturated heterocycles. The zero-order valence-corrected chi connectivity index (χ0v) is 11.4. The van der Waals surface area contributed by atoms with Crippen molar-refractivity contribution in [2.24, 2.45) is 0 Å². The highest BCUT2D eigenvalue weighted by molar-refractivity contribution is 7.98. The van der Waals surface area contributed by atoms with Gasteiger partial charge in [-0.05, 0) is 30.0 Å². The maximum Gasteiger partial charge on any atom is 0.338 e. The molecule has 0 aliphatic rings. The molecule has 0 spiro atoms. The predicted molar refractivity (Wildman–Crippen MR) is 75.6 cm³/mol. The number of nitrogens with one attached hydrogen (secondary N) is 1. The number of carbonyl (C=O) groups is 1. The lowest BCUT2D eigenvalue weighted by Gasteiger charge is -2.05. The number of benzene rings is 1. The van der Waals surface area contributed by atoms with E-state index in [1.54, 1.807) is 17.8 Å². The number of thioether (sulfide) groups is 1. The molecule has 2 aromatic rings. The number of aromatic nitrogens is 1. The average molecular weight is 275 g/mol. The molecule has 0 saturated carbocycles. The molecular formula is C14H13NO3S. The maximum atomic E-state index is 11.6. The van der Waals surface area contributed by atoms with Gasteiger partial charge in [-0.3, -0.25) is 4.79 Å². The first-order valence-corrected chi connectivity index (χ1v) is 6.83. The third-order valence-corrected chi connectivity index (χ3v) is 3.41. The van der Waals surface area contributed by atoms with Crippen molar-refractivity contribution in [1.29, 1.82) is 0 Å². The van der Waals surface area contributed by atoms with Crippen LogP contribution in [-0.4, -0.2) is 24.3 Å². The Hall–Kier alpha value is -2.01. The molecule has 0 aliphatic heterocycles. The topological polar surface area (TPSA) is 59.2 Å². The highest BCUT2D eigenvalue weighted by Crippen LogP contribution is 2.21. The molecule has 0 aliphatic carbocycles. The van der Waals surface area contributed by atoms with E-state index in [9.17, 15) is 9.59 Å². The lowest BCUT2D eigenvalue weighted by atomic mass is 10.1. The molecule has 98 valence electrons. The Kier molecular flexibility index (Phi) is 4.06. The molecule has 1 N–H and O–H groups in total. The number of ether oxygens (including phenoxy) is 1. The molecule has 2 rings (SSSR count). The number of hydrogen-bond donors (Lipinski definition) is 1. The van der Waals surface area contributed by atoms with Gasteiger partial charge in [-0.15, -0.1) is 11.8 Å². The first-order chi connectivity index (χ1) is 9.13. The van der Waals surface area contributed by atoms with Gasteiger partial charge in [-0.1, -0.05) is 12.1 Å². The molecule has 1 heterocycles. The largest absolute Gasteiger partial charge is 0.465 e. The van der Waals surface area contributed by atoms with Gasteiger partial charge >= 0.3 is 5.97 Å². The number of esters is 1. The number of carbonyl (C=O) groups excluding carboxylic acids is 1. The monoisotopic (exact) mass is 275 g/mol. The van der Waals surface area contributed by atoms with Crippen molar-refractivity contribution in [3.8, 4) is 11.3 Å². The summed E-state index contributed by atoms with van der Waals surface area (Å²) in [6.45, 7) is 0. The Morgan fingerprint density at radius 2 is 1.89 bits per heavy atom. The maximum absolute atomic E-state index is 11.6. The summed E-state index contributed by atoms with van der Waals surface area (Å²) in [5, 5.41) is 0. The smallest absolute Gasteiger partial charge is 0.338 e. The fourth-order valence-corrected chi connectivity index (χ4v) is 2.11. The van der Waals surface area contributed by atoms with Crippen LogP contribution in [0.4, 0.5) is 0 Å². The zero-order chi connectivity index (χ0) is 13.8. The van der Waals surface area contributed by atoms with Crippen LogP contribution >= 0.6 is 11.8 Å². The molecule has 5 heteroatoms. The molecule has 0 bridgehead atoms. The second-order valence-electron chi connectivity index (χ2n) is 3.87. The second kappa shape index (κ2) is 5.75. The summed E-state index contributed by atoms with van der Waals surface area (Å²) in [6.07, 6.45) is 1.99. The molecule has 4 nitrogen and oxygen atoms in total. The molecule has 19 heavy (non-hydrogen) atoms. The summed E-state index contributed by atoms with van der Waals surface area (Å²) in [6, 6.07) is 10.6. The molecule has 0 atom stereocenters. The van der Waals surface area contributed by atoms with Gasteiger partial charge in [0, 0.05) is 16.7 Å². The van der Waals surface area contributed by atoms with Gasteiger partial charge in [0.1, 0.15) is 0 Å². The van der Waals surface area contributed by atoms with Crippen molar-refractivity contribution in [2.45, 2.75) is 4.90 Å². The summed E-state index contributed by atoms with van der Waals surface area (Å²) >= 11 is 1.64. The predicted octanol–water partition coefficient (Wildman–Crippen LogP) is 2.55. The van der Waals surface area contributed by atoms with E-state index in [2.05, 4.69) is 9.72 Å². The van der Waals surface area contributed by atoms with Crippen molar-refractivity contribution in [3.05, 3.63) is 52.3 Å². The van der Waals surface area contributed by atoms with E-state index in [4.69, 9.17) is 0 Å². The fourth-order valence-electron chi connectivity index (χ4n) is 1.71. The SMILES string of the molecule is COC(=O)c1cc(-c2ccc(SC)cc2)[nH]c(=O)c1. The Bertz CT molecular complexity index is 646. The Morgan fingerprint density at radius 3 is 2.47 bits per heavy atom. The minimum absolute atomic E-state index is 0.246. The van der Waals surface area contributed by atoms with Crippen LogP contribution in [0.2, 0.25) is 0 Å². The van der Waals surface area contributed by atoms with Gasteiger partial charge < -0.3 is 9.72 Å². The van der Waals surface area contributed by atoms with Gasteiger partial charge in [0.15, 0.2) is 0 Å². The summed E-state index contributed by atoms with van der Waals surface area (Å²) in [4.78, 5) is 26.9. The van der Waals surface area contributed by atoms with E-state index < -0.39 is 5.97 Å². The van der Waals surface area contributed by atoms with Crippen LogP contribution in [0.1, 0.15) is 10.4 Å². The highest BCUT2D eigenvalue weighted by atomic mass is 32.2. The van der Waals surface area contributed by atoms with E-state index in [1.807, 2.05) is 30.5 Å². The van der Waals surface area contributed by atoms with Gasteiger partial charge in [0.2, 0.25) is 5.56 Å². The summed E-state index contributed by atoms with van der Waals surface area (Å²) in [5.41, 5.74) is 1.36. The Labute approximate surface area is 114 Å². The lowest BCUT2D eigenvalue weighted by molar-refractivity contribution is 0.0600. The van der Waals surface area contributed by atoms with Crippen molar-refractivity contribution in [2.75, 3.05) is 13.4 Å². The first kappa shape index (κ1) is 13.4. The summed E-state index contributed by atoms with van der Waals surface area (Å²) < 4.78 is 4.62. The third-order valence-electron chi connectivity index (χ3n) is 2.67. The minimum atomic E-state index is -0.520. The summed E-state index contributed by atoms with van der Waals surface area (Å²) in [7, 11) is 1.29. The lowest BCUT2D eigenvalue weighted by Crippen LogP contribution is -2.11. The van der Waals surface area contributed by atoms with E-state index in [1.165, 1.54) is 13.2 Å². The molecule has 1 aromatic heterocycles. The standard InChI is InChI=1S/C14H13NO3S/c1-18-14(17)10-7-12(15-13(16)8-10)9-3-5-11(19-2)6-4-9/h3-8H,1-2H3,(H,15,16). The quantitative estimate of drug-likeness (QED) is 0.691. The number of pyridine rings is 1. The minimum Gasteiger partial charge on any atom is -0.465 e. The van der Waals surface area contributed by atoms with Gasteiger partial charge in [0.25, 0.3) is 0 Å². The number of methoxy groups -OCH3 is 1. The van der Waals surface area contributed by atoms with Crippen LogP contribution < -0.4 is 5.56 Å². The number of hydrogen-bond acceptors (Lipinski definition) is 4. The zero-order valence-electron chi connectivity index (χ0n) is 10.6. The van der Waals surface area contributed by atoms with Crippen molar-refractivity contribution >= 4 is 17.7 Å². The second-order valence-corrected chi connectivity index (χ2v) is 4.75. The van der Waals surface area contributed by atoms with E-state index in [0.29, 0.717) is 5.69 Å². The first-order valence-electron chi connectivity index (χ1n) is 5.61. The molecule has 0 fully saturated rings. The van der Waals surface area contributed by atoms with Crippen LogP contribution in [0, 0.1) is 0 Å². The number of rotatable bonds is 3. The number of aromatic amines is 1. The summed E-state index contributed by atoms with van der Waals surface area (Å²) in [5.74, 6) is -0.520. The van der Waals surface area contributed by atoms with E-state index >= 15 is 0 Å². The Morgan fingerprint density at radius 1 is 1.21 bits per heavy atom. The van der Waals surface area contributed by atoms with Crippen LogP contribution in [-0.2, 0) is 4.74 Å². The molecule has 0 unspecified atom stereocenters. The molecule has 0 radical (unpaired) electrons. The Balaban J connectivity index is 2.46. The van der Waals surface area contributed by atoms with Crippen LogP contribution in [0.25, 0.3) is 11.3 Å². The molecule has 0 amide bonds. The van der Waals surface area contributed by atoms with Gasteiger partial charge in [-0.25, -0.2) is 4.79 Å². The van der Waals surface area contributed by atoms with Crippen LogP contribution in [0.3, 0.4) is 0 Å². The fraction of sp³-hybridized carbons (Fsp3) is 0.143. The van der Waals surface area contributed by atoms with E-state index in [0.717, 1.165) is 10.5 Å². The van der Waals surface area contributed by atoms with Gasteiger partial charge in [0.05, 0.1) is 12.7 Å². The normalized spacial score (nSPS) is 10.2. The third kappa shape index (κ3) is 3.06. The van der Waals surface area contributed by atoms with Crippen LogP contribution in [0.5, 0.6) is 0 Å². The highest BCUT2D eigenvalue weighted by Gasteiger charge is 2.09. The van der Waals surface area contributed by atoms with Crippen LogP contribution in [0.15, 0.2) is 46.1 Å². The van der Waals surface area contributed by atoms with Crippen molar-refractivity contribution in [3.63, 3.8) is 0 Å².